The number of anilines is 2. The van der Waals surface area contributed by atoms with Crippen LogP contribution in [0.15, 0.2) is 60.7 Å². The van der Waals surface area contributed by atoms with E-state index in [9.17, 15) is 18.6 Å². The van der Waals surface area contributed by atoms with E-state index in [4.69, 9.17) is 15.2 Å². The molecule has 1 atom stereocenters. The summed E-state index contributed by atoms with van der Waals surface area (Å²) >= 11 is 0. The smallest absolute Gasteiger partial charge is 0.233 e. The highest BCUT2D eigenvalue weighted by molar-refractivity contribution is 7.92. The van der Waals surface area contributed by atoms with E-state index in [2.05, 4.69) is 0 Å². The van der Waals surface area contributed by atoms with Gasteiger partial charge >= 0.3 is 0 Å². The molecular formula is C26H32N2O6S. The van der Waals surface area contributed by atoms with Crippen LogP contribution in [0.25, 0.3) is 0 Å². The highest BCUT2D eigenvalue weighted by atomic mass is 32.2. The van der Waals surface area contributed by atoms with Crippen molar-refractivity contribution in [2.45, 2.75) is 32.3 Å². The molecule has 0 saturated heterocycles. The SMILES string of the molecule is COCc1ccc(C(c2ccc(COC)cc2)N(c2ccc(N)c(C(C)O)c2O)S(C)(=O)=O)cc1. The maximum absolute atomic E-state index is 13.3. The molecule has 3 rings (SSSR count). The first-order valence-corrected chi connectivity index (χ1v) is 12.9. The summed E-state index contributed by atoms with van der Waals surface area (Å²) in [5, 5.41) is 21.3. The first kappa shape index (κ1) is 26.5. The second-order valence-electron chi connectivity index (χ2n) is 8.42. The van der Waals surface area contributed by atoms with Gasteiger partial charge in [0.05, 0.1) is 37.3 Å². The number of aliphatic hydroxyl groups excluding tert-OH is 1. The highest BCUT2D eigenvalue weighted by Gasteiger charge is 2.33. The van der Waals surface area contributed by atoms with E-state index >= 15 is 0 Å². The standard InChI is InChI=1S/C26H32N2O6S/c1-17(29)24-22(27)13-14-23(26(24)30)28(35(4,31)32)25(20-9-5-18(6-10-20)15-33-2)21-11-7-19(8-12-21)16-34-3/h5-14,17,25,29-30H,15-16,27H2,1-4H3. The molecule has 0 amide bonds. The van der Waals surface area contributed by atoms with Crippen molar-refractivity contribution in [3.05, 3.63) is 88.5 Å². The van der Waals surface area contributed by atoms with Gasteiger partial charge in [-0.2, -0.15) is 0 Å². The second kappa shape index (κ2) is 11.1. The Hall–Kier alpha value is -3.11. The Bertz CT molecular complexity index is 1190. The van der Waals surface area contributed by atoms with Crippen LogP contribution in [0.4, 0.5) is 11.4 Å². The van der Waals surface area contributed by atoms with Gasteiger partial charge in [-0.25, -0.2) is 8.42 Å². The molecule has 188 valence electrons. The number of aromatic hydroxyl groups is 1. The normalized spacial score (nSPS) is 12.6. The lowest BCUT2D eigenvalue weighted by molar-refractivity contribution is 0.185. The van der Waals surface area contributed by atoms with Crippen LogP contribution in [-0.2, 0) is 32.7 Å². The third-order valence-electron chi connectivity index (χ3n) is 5.69. The van der Waals surface area contributed by atoms with Gasteiger partial charge in [0.2, 0.25) is 10.0 Å². The van der Waals surface area contributed by atoms with E-state index in [0.717, 1.165) is 21.7 Å². The number of nitrogens with two attached hydrogens (primary N) is 1. The second-order valence-corrected chi connectivity index (χ2v) is 10.3. The largest absolute Gasteiger partial charge is 0.505 e. The molecule has 35 heavy (non-hydrogen) atoms. The van der Waals surface area contributed by atoms with Gasteiger partial charge in [-0.3, -0.25) is 4.31 Å². The van der Waals surface area contributed by atoms with Gasteiger partial charge in [-0.1, -0.05) is 48.5 Å². The number of ether oxygens (including phenoxy) is 2. The molecule has 0 fully saturated rings. The lowest BCUT2D eigenvalue weighted by Crippen LogP contribution is -2.35. The molecule has 0 aromatic heterocycles. The molecule has 0 bridgehead atoms. The van der Waals surface area contributed by atoms with Gasteiger partial charge in [0.15, 0.2) is 0 Å². The first-order valence-electron chi connectivity index (χ1n) is 11.0. The average Bonchev–Trinajstić information content (AvgIpc) is 2.79. The summed E-state index contributed by atoms with van der Waals surface area (Å²) in [6.45, 7) is 2.30. The number of hydrogen-bond acceptors (Lipinski definition) is 7. The molecule has 0 aliphatic heterocycles. The van der Waals surface area contributed by atoms with Gasteiger partial charge < -0.3 is 25.4 Å². The molecule has 0 spiro atoms. The van der Waals surface area contributed by atoms with E-state index in [1.54, 1.807) is 14.2 Å². The van der Waals surface area contributed by atoms with Gasteiger partial charge in [0.1, 0.15) is 5.75 Å². The van der Waals surface area contributed by atoms with E-state index in [1.165, 1.54) is 19.1 Å². The fourth-order valence-corrected chi connectivity index (χ4v) is 5.26. The van der Waals surface area contributed by atoms with E-state index in [-0.39, 0.29) is 22.7 Å². The van der Waals surface area contributed by atoms with Crippen molar-refractivity contribution in [3.63, 3.8) is 0 Å². The van der Waals surface area contributed by atoms with E-state index < -0.39 is 22.2 Å². The molecular weight excluding hydrogens is 468 g/mol. The van der Waals surface area contributed by atoms with Crippen molar-refractivity contribution in [2.24, 2.45) is 0 Å². The number of rotatable bonds is 10. The monoisotopic (exact) mass is 500 g/mol. The number of nitrogen functional groups attached to an aromatic ring is 1. The Balaban J connectivity index is 2.27. The molecule has 4 N–H and O–H groups in total. The first-order chi connectivity index (χ1) is 16.6. The third kappa shape index (κ3) is 5.94. The third-order valence-corrected chi connectivity index (χ3v) is 6.81. The van der Waals surface area contributed by atoms with Crippen LogP contribution in [-0.4, -0.2) is 39.1 Å². The molecule has 0 saturated carbocycles. The maximum atomic E-state index is 13.3. The molecule has 0 radical (unpaired) electrons. The Morgan fingerprint density at radius 3 is 1.71 bits per heavy atom. The number of phenols is 1. The predicted molar refractivity (Wildman–Crippen MR) is 137 cm³/mol. The molecule has 0 aliphatic carbocycles. The number of phenolic OH excluding ortho intramolecular Hbond substituents is 1. The zero-order valence-electron chi connectivity index (χ0n) is 20.3. The summed E-state index contributed by atoms with van der Waals surface area (Å²) in [7, 11) is -0.722. The number of nitrogens with zero attached hydrogens (tertiary/aromatic N) is 1. The summed E-state index contributed by atoms with van der Waals surface area (Å²) in [6, 6.07) is 17.0. The van der Waals surface area contributed by atoms with Crippen molar-refractivity contribution in [1.82, 2.24) is 0 Å². The van der Waals surface area contributed by atoms with Crippen LogP contribution in [0.1, 0.15) is 46.9 Å². The quantitative estimate of drug-likeness (QED) is 0.361. The van der Waals surface area contributed by atoms with E-state index in [0.29, 0.717) is 24.3 Å². The topological polar surface area (TPSA) is 122 Å². The Kier molecular flexibility index (Phi) is 8.39. The van der Waals surface area contributed by atoms with Crippen LogP contribution in [0.2, 0.25) is 0 Å². The lowest BCUT2D eigenvalue weighted by atomic mass is 9.95. The van der Waals surface area contributed by atoms with Gasteiger partial charge in [0, 0.05) is 25.5 Å². The Morgan fingerprint density at radius 1 is 0.886 bits per heavy atom. The Labute approximate surface area is 206 Å². The number of hydrogen-bond donors (Lipinski definition) is 3. The van der Waals surface area contributed by atoms with Crippen molar-refractivity contribution < 1.29 is 28.1 Å². The predicted octanol–water partition coefficient (Wildman–Crippen LogP) is 3.88. The number of methoxy groups -OCH3 is 2. The van der Waals surface area contributed by atoms with Crippen LogP contribution in [0, 0.1) is 0 Å². The van der Waals surface area contributed by atoms with Crippen molar-refractivity contribution in [1.29, 1.82) is 0 Å². The zero-order valence-corrected chi connectivity index (χ0v) is 21.1. The summed E-state index contributed by atoms with van der Waals surface area (Å²) in [4.78, 5) is 0. The summed E-state index contributed by atoms with van der Waals surface area (Å²) in [5.41, 5.74) is 9.47. The average molecular weight is 501 g/mol. The fraction of sp³-hybridized carbons (Fsp3) is 0.308. The molecule has 3 aromatic carbocycles. The summed E-state index contributed by atoms with van der Waals surface area (Å²) in [6.07, 6.45) is -0.0207. The molecule has 0 heterocycles. The maximum Gasteiger partial charge on any atom is 0.233 e. The molecule has 3 aromatic rings. The van der Waals surface area contributed by atoms with E-state index in [1.807, 2.05) is 48.5 Å². The van der Waals surface area contributed by atoms with Crippen molar-refractivity contribution in [3.8, 4) is 5.75 Å². The highest BCUT2D eigenvalue weighted by Crippen LogP contribution is 2.44. The van der Waals surface area contributed by atoms with Gasteiger partial charge in [0.25, 0.3) is 0 Å². The van der Waals surface area contributed by atoms with Crippen LogP contribution < -0.4 is 10.0 Å². The molecule has 0 aliphatic rings. The van der Waals surface area contributed by atoms with Crippen LogP contribution in [0.5, 0.6) is 5.75 Å². The minimum Gasteiger partial charge on any atom is -0.505 e. The number of benzene rings is 3. The molecule has 1 unspecified atom stereocenters. The molecule has 9 heteroatoms. The minimum atomic E-state index is -3.93. The zero-order chi connectivity index (χ0) is 25.8. The van der Waals surface area contributed by atoms with Gasteiger partial charge in [-0.15, -0.1) is 0 Å². The Morgan fingerprint density at radius 2 is 1.34 bits per heavy atom. The van der Waals surface area contributed by atoms with Gasteiger partial charge in [-0.05, 0) is 41.3 Å². The summed E-state index contributed by atoms with van der Waals surface area (Å²) in [5.74, 6) is -0.387. The fourth-order valence-electron chi connectivity index (χ4n) is 4.13. The van der Waals surface area contributed by atoms with Crippen LogP contribution in [0.3, 0.4) is 0 Å². The van der Waals surface area contributed by atoms with Crippen LogP contribution >= 0.6 is 0 Å². The number of aliphatic hydroxyl groups is 1. The van der Waals surface area contributed by atoms with Crippen molar-refractivity contribution >= 4 is 21.4 Å². The van der Waals surface area contributed by atoms with Crippen molar-refractivity contribution in [2.75, 3.05) is 30.5 Å². The lowest BCUT2D eigenvalue weighted by Gasteiger charge is -2.34. The molecule has 8 nitrogen and oxygen atoms in total. The summed E-state index contributed by atoms with van der Waals surface area (Å²) < 4.78 is 38.1. The minimum absolute atomic E-state index is 0.0181. The number of sulfonamides is 1.